The van der Waals surface area contributed by atoms with Crippen molar-refractivity contribution in [3.63, 3.8) is 0 Å². The van der Waals surface area contributed by atoms with E-state index in [1.54, 1.807) is 25.4 Å². The summed E-state index contributed by atoms with van der Waals surface area (Å²) in [7, 11) is 1.56. The molecule has 26 heavy (non-hydrogen) atoms. The molecule has 8 nitrogen and oxygen atoms in total. The Morgan fingerprint density at radius 1 is 1.04 bits per heavy atom. The Kier molecular flexibility index (Phi) is 3.98. The number of nitrogens with one attached hydrogen (secondary N) is 1. The van der Waals surface area contributed by atoms with Crippen LogP contribution >= 0.6 is 0 Å². The molecule has 0 fully saturated rings. The van der Waals surface area contributed by atoms with Crippen molar-refractivity contribution in [2.24, 2.45) is 0 Å². The molecule has 4 aromatic rings. The second-order valence-corrected chi connectivity index (χ2v) is 5.35. The first-order valence-electron chi connectivity index (χ1n) is 7.74. The van der Waals surface area contributed by atoms with E-state index in [0.717, 1.165) is 5.56 Å². The molecule has 0 unspecified atom stereocenters. The Morgan fingerprint density at radius 3 is 2.58 bits per heavy atom. The molecule has 0 bridgehead atoms. The molecule has 3 aromatic heterocycles. The zero-order valence-corrected chi connectivity index (χ0v) is 13.7. The van der Waals surface area contributed by atoms with Crippen molar-refractivity contribution in [3.8, 4) is 40.1 Å². The van der Waals surface area contributed by atoms with E-state index in [2.05, 4.69) is 25.1 Å². The van der Waals surface area contributed by atoms with Crippen LogP contribution in [0.25, 0.3) is 34.4 Å². The average Bonchev–Trinajstić information content (AvgIpc) is 3.18. The van der Waals surface area contributed by atoms with Gasteiger partial charge < -0.3 is 14.2 Å². The SMILES string of the molecule is COc1ccc(-c2noc(-c3cnc(-c4ccccc4)[nH]c3=O)n2)nc1. The molecule has 0 saturated carbocycles. The summed E-state index contributed by atoms with van der Waals surface area (Å²) in [5.74, 6) is 1.44. The highest BCUT2D eigenvalue weighted by Crippen LogP contribution is 2.20. The van der Waals surface area contributed by atoms with Gasteiger partial charge in [-0.15, -0.1) is 0 Å². The van der Waals surface area contributed by atoms with E-state index in [0.29, 0.717) is 17.3 Å². The van der Waals surface area contributed by atoms with Crippen LogP contribution in [0.4, 0.5) is 0 Å². The van der Waals surface area contributed by atoms with Gasteiger partial charge in [0.15, 0.2) is 0 Å². The first-order valence-corrected chi connectivity index (χ1v) is 7.74. The van der Waals surface area contributed by atoms with E-state index in [1.165, 1.54) is 6.20 Å². The lowest BCUT2D eigenvalue weighted by molar-refractivity contribution is 0.413. The van der Waals surface area contributed by atoms with E-state index < -0.39 is 0 Å². The van der Waals surface area contributed by atoms with Crippen molar-refractivity contribution in [1.82, 2.24) is 25.1 Å². The van der Waals surface area contributed by atoms with Gasteiger partial charge in [0.05, 0.1) is 13.3 Å². The molecule has 0 spiro atoms. The number of H-pyrrole nitrogens is 1. The fraction of sp³-hybridized carbons (Fsp3) is 0.0556. The topological polar surface area (TPSA) is 107 Å². The minimum Gasteiger partial charge on any atom is -0.495 e. The number of benzene rings is 1. The molecular weight excluding hydrogens is 334 g/mol. The van der Waals surface area contributed by atoms with Crippen LogP contribution in [0.1, 0.15) is 0 Å². The minimum atomic E-state index is -0.364. The number of pyridine rings is 1. The van der Waals surface area contributed by atoms with Crippen LogP contribution in [-0.2, 0) is 0 Å². The van der Waals surface area contributed by atoms with Crippen LogP contribution in [0.3, 0.4) is 0 Å². The Bertz CT molecular complexity index is 1090. The molecule has 3 heterocycles. The molecule has 0 atom stereocenters. The second-order valence-electron chi connectivity index (χ2n) is 5.35. The van der Waals surface area contributed by atoms with Gasteiger partial charge in [0.1, 0.15) is 22.8 Å². The van der Waals surface area contributed by atoms with Crippen LogP contribution in [0.2, 0.25) is 0 Å². The molecule has 0 radical (unpaired) electrons. The molecule has 4 rings (SSSR count). The number of aromatic nitrogens is 5. The van der Waals surface area contributed by atoms with Crippen molar-refractivity contribution in [1.29, 1.82) is 0 Å². The summed E-state index contributed by atoms with van der Waals surface area (Å²) in [4.78, 5) is 27.8. The lowest BCUT2D eigenvalue weighted by atomic mass is 10.2. The first-order chi connectivity index (χ1) is 12.7. The van der Waals surface area contributed by atoms with Crippen LogP contribution < -0.4 is 10.3 Å². The van der Waals surface area contributed by atoms with Crippen molar-refractivity contribution >= 4 is 0 Å². The molecule has 0 amide bonds. The van der Waals surface area contributed by atoms with Crippen LogP contribution in [-0.4, -0.2) is 32.2 Å². The van der Waals surface area contributed by atoms with Crippen molar-refractivity contribution in [2.75, 3.05) is 7.11 Å². The summed E-state index contributed by atoms with van der Waals surface area (Å²) in [6, 6.07) is 12.8. The number of nitrogens with zero attached hydrogens (tertiary/aromatic N) is 4. The zero-order valence-electron chi connectivity index (χ0n) is 13.7. The predicted octanol–water partition coefficient (Wildman–Crippen LogP) is 2.56. The average molecular weight is 347 g/mol. The van der Waals surface area contributed by atoms with Crippen LogP contribution in [0, 0.1) is 0 Å². The standard InChI is InChI=1S/C18H13N5O3/c1-25-12-7-8-14(19-9-12)16-22-18(26-23-16)13-10-20-15(21-17(13)24)11-5-3-2-4-6-11/h2-10H,1H3,(H,20,21,24). The van der Waals surface area contributed by atoms with Crippen molar-refractivity contribution < 1.29 is 9.26 Å². The van der Waals surface area contributed by atoms with E-state index in [1.807, 2.05) is 30.3 Å². The summed E-state index contributed by atoms with van der Waals surface area (Å²) in [5, 5.41) is 3.87. The van der Waals surface area contributed by atoms with E-state index >= 15 is 0 Å². The highest BCUT2D eigenvalue weighted by atomic mass is 16.5. The monoisotopic (exact) mass is 347 g/mol. The fourth-order valence-electron chi connectivity index (χ4n) is 2.36. The van der Waals surface area contributed by atoms with Crippen LogP contribution in [0.5, 0.6) is 5.75 Å². The molecule has 0 aliphatic carbocycles. The third-order valence-electron chi connectivity index (χ3n) is 3.70. The molecule has 1 aromatic carbocycles. The quantitative estimate of drug-likeness (QED) is 0.604. The predicted molar refractivity (Wildman–Crippen MR) is 93.4 cm³/mol. The number of hydrogen-bond acceptors (Lipinski definition) is 7. The van der Waals surface area contributed by atoms with Gasteiger partial charge in [0.25, 0.3) is 11.4 Å². The molecule has 1 N–H and O–H groups in total. The van der Waals surface area contributed by atoms with Gasteiger partial charge in [-0.1, -0.05) is 35.5 Å². The second kappa shape index (κ2) is 6.60. The molecule has 8 heteroatoms. The Morgan fingerprint density at radius 2 is 1.88 bits per heavy atom. The largest absolute Gasteiger partial charge is 0.495 e. The van der Waals surface area contributed by atoms with Crippen LogP contribution in [0.15, 0.2) is 64.2 Å². The van der Waals surface area contributed by atoms with Crippen molar-refractivity contribution in [2.45, 2.75) is 0 Å². The molecule has 0 saturated heterocycles. The van der Waals surface area contributed by atoms with Gasteiger partial charge in [-0.05, 0) is 12.1 Å². The number of hydrogen-bond donors (Lipinski definition) is 1. The molecule has 0 aliphatic heterocycles. The number of rotatable bonds is 4. The first kappa shape index (κ1) is 15.7. The highest BCUT2D eigenvalue weighted by Gasteiger charge is 2.16. The van der Waals surface area contributed by atoms with Gasteiger partial charge in [-0.3, -0.25) is 4.79 Å². The molecule has 128 valence electrons. The van der Waals surface area contributed by atoms with E-state index in [-0.39, 0.29) is 22.8 Å². The maximum Gasteiger partial charge on any atom is 0.265 e. The fourth-order valence-corrected chi connectivity index (χ4v) is 2.36. The zero-order chi connectivity index (χ0) is 17.9. The smallest absolute Gasteiger partial charge is 0.265 e. The number of aromatic amines is 1. The van der Waals surface area contributed by atoms with Crippen molar-refractivity contribution in [3.05, 3.63) is 65.2 Å². The Balaban J connectivity index is 1.66. The minimum absolute atomic E-state index is 0.0750. The van der Waals surface area contributed by atoms with Gasteiger partial charge in [0, 0.05) is 11.8 Å². The van der Waals surface area contributed by atoms with Gasteiger partial charge in [0.2, 0.25) is 5.82 Å². The summed E-state index contributed by atoms with van der Waals surface area (Å²) in [6.45, 7) is 0. The Labute approximate surface area is 147 Å². The van der Waals surface area contributed by atoms with Gasteiger partial charge in [-0.25, -0.2) is 9.97 Å². The molecule has 0 aliphatic rings. The highest BCUT2D eigenvalue weighted by molar-refractivity contribution is 5.59. The lowest BCUT2D eigenvalue weighted by Gasteiger charge is -2.00. The number of methoxy groups -OCH3 is 1. The summed E-state index contributed by atoms with van der Waals surface area (Å²) < 4.78 is 10.3. The lowest BCUT2D eigenvalue weighted by Crippen LogP contribution is -2.11. The third-order valence-corrected chi connectivity index (χ3v) is 3.70. The third kappa shape index (κ3) is 2.95. The van der Waals surface area contributed by atoms with E-state index in [4.69, 9.17) is 9.26 Å². The summed E-state index contributed by atoms with van der Waals surface area (Å²) >= 11 is 0. The maximum atomic E-state index is 12.4. The summed E-state index contributed by atoms with van der Waals surface area (Å²) in [6.07, 6.45) is 2.97. The molecular formula is C18H13N5O3. The van der Waals surface area contributed by atoms with Gasteiger partial charge in [-0.2, -0.15) is 4.98 Å². The summed E-state index contributed by atoms with van der Waals surface area (Å²) in [5.41, 5.74) is 1.14. The maximum absolute atomic E-state index is 12.4. The van der Waals surface area contributed by atoms with E-state index in [9.17, 15) is 4.79 Å². The number of ether oxygens (including phenoxy) is 1. The Hall–Kier alpha value is -3.81. The normalized spacial score (nSPS) is 10.7. The van der Waals surface area contributed by atoms with Gasteiger partial charge >= 0.3 is 0 Å².